The first-order valence-corrected chi connectivity index (χ1v) is 9.13. The molecule has 120 valence electrons. The van der Waals surface area contributed by atoms with Crippen LogP contribution in [0.2, 0.25) is 0 Å². The molecule has 3 rings (SSSR count). The van der Waals surface area contributed by atoms with Crippen molar-refractivity contribution in [3.05, 3.63) is 35.6 Å². The molecule has 0 N–H and O–H groups in total. The third-order valence-electron chi connectivity index (χ3n) is 4.20. The summed E-state index contributed by atoms with van der Waals surface area (Å²) in [6, 6.07) is 6.02. The molecule has 0 saturated carbocycles. The van der Waals surface area contributed by atoms with E-state index in [1.54, 1.807) is 17.0 Å². The molecule has 0 aromatic heterocycles. The molecular weight excluding hydrogens is 309 g/mol. The topological polar surface area (TPSA) is 63.7 Å². The number of hydrogen-bond acceptors (Lipinski definition) is 4. The van der Waals surface area contributed by atoms with E-state index in [2.05, 4.69) is 0 Å². The Morgan fingerprint density at radius 1 is 1.27 bits per heavy atom. The van der Waals surface area contributed by atoms with Crippen LogP contribution in [0.5, 0.6) is 0 Å². The molecule has 22 heavy (non-hydrogen) atoms. The highest BCUT2D eigenvalue weighted by atomic mass is 32.2. The first kappa shape index (κ1) is 15.4. The van der Waals surface area contributed by atoms with Crippen molar-refractivity contribution in [2.75, 3.05) is 31.2 Å². The van der Waals surface area contributed by atoms with E-state index >= 15 is 0 Å². The number of hydrogen-bond donors (Lipinski definition) is 0. The SMILES string of the molecule is O=C([C@H]1CCS(=O)(=O)C1)N1CCO[C@@H](c2ccc(F)cc2)C1. The molecule has 7 heteroatoms. The molecule has 2 aliphatic rings. The van der Waals surface area contributed by atoms with E-state index in [1.165, 1.54) is 12.1 Å². The Kier molecular flexibility index (Phi) is 4.18. The summed E-state index contributed by atoms with van der Waals surface area (Å²) in [6.07, 6.45) is 0.107. The molecule has 0 bridgehead atoms. The standard InChI is InChI=1S/C15H18FNO4S/c16-13-3-1-11(2-4-13)14-9-17(6-7-21-14)15(18)12-5-8-22(19,20)10-12/h1-4,12,14H,5-10H2/t12-,14+/m0/s1. The van der Waals surface area contributed by atoms with Gasteiger partial charge in [0.05, 0.1) is 30.6 Å². The maximum absolute atomic E-state index is 13.0. The minimum atomic E-state index is -3.07. The van der Waals surface area contributed by atoms with E-state index in [0.29, 0.717) is 26.1 Å². The van der Waals surface area contributed by atoms with Gasteiger partial charge in [-0.3, -0.25) is 4.79 Å². The molecule has 0 unspecified atom stereocenters. The van der Waals surface area contributed by atoms with E-state index in [-0.39, 0.29) is 29.3 Å². The lowest BCUT2D eigenvalue weighted by Crippen LogP contribution is -2.45. The smallest absolute Gasteiger partial charge is 0.226 e. The van der Waals surface area contributed by atoms with Crippen molar-refractivity contribution < 1.29 is 22.3 Å². The van der Waals surface area contributed by atoms with Gasteiger partial charge in [0.1, 0.15) is 11.9 Å². The summed E-state index contributed by atoms with van der Waals surface area (Å²) in [5, 5.41) is 0. The second-order valence-corrected chi connectivity index (χ2v) is 8.02. The van der Waals surface area contributed by atoms with Crippen molar-refractivity contribution in [1.82, 2.24) is 4.90 Å². The third kappa shape index (κ3) is 3.30. The minimum absolute atomic E-state index is 0.0512. The summed E-state index contributed by atoms with van der Waals surface area (Å²) in [6.45, 7) is 1.24. The van der Waals surface area contributed by atoms with Gasteiger partial charge in [-0.15, -0.1) is 0 Å². The van der Waals surface area contributed by atoms with Crippen LogP contribution in [0.4, 0.5) is 4.39 Å². The van der Waals surface area contributed by atoms with Gasteiger partial charge in [-0.2, -0.15) is 0 Å². The maximum Gasteiger partial charge on any atom is 0.226 e. The summed E-state index contributed by atoms with van der Waals surface area (Å²) in [4.78, 5) is 14.1. The van der Waals surface area contributed by atoms with Crippen LogP contribution in [0.15, 0.2) is 24.3 Å². The lowest BCUT2D eigenvalue weighted by molar-refractivity contribution is -0.142. The average Bonchev–Trinajstić information content (AvgIpc) is 2.87. The van der Waals surface area contributed by atoms with Gasteiger partial charge in [0.15, 0.2) is 9.84 Å². The zero-order chi connectivity index (χ0) is 15.7. The van der Waals surface area contributed by atoms with Gasteiger partial charge in [-0.05, 0) is 24.1 Å². The van der Waals surface area contributed by atoms with E-state index in [0.717, 1.165) is 5.56 Å². The van der Waals surface area contributed by atoms with Crippen molar-refractivity contribution in [1.29, 1.82) is 0 Å². The van der Waals surface area contributed by atoms with Crippen LogP contribution in [0.3, 0.4) is 0 Å². The molecule has 1 aromatic carbocycles. The second-order valence-electron chi connectivity index (χ2n) is 5.80. The van der Waals surface area contributed by atoms with E-state index < -0.39 is 15.8 Å². The van der Waals surface area contributed by atoms with Gasteiger partial charge in [0.2, 0.25) is 5.91 Å². The van der Waals surface area contributed by atoms with Gasteiger partial charge in [-0.1, -0.05) is 12.1 Å². The van der Waals surface area contributed by atoms with Crippen molar-refractivity contribution >= 4 is 15.7 Å². The molecule has 2 saturated heterocycles. The first-order valence-electron chi connectivity index (χ1n) is 7.31. The maximum atomic E-state index is 13.0. The van der Waals surface area contributed by atoms with Gasteiger partial charge in [0.25, 0.3) is 0 Å². The molecule has 2 atom stereocenters. The summed E-state index contributed by atoms with van der Waals surface area (Å²) < 4.78 is 41.7. The minimum Gasteiger partial charge on any atom is -0.370 e. The van der Waals surface area contributed by atoms with Crippen LogP contribution in [0, 0.1) is 11.7 Å². The Balaban J connectivity index is 1.68. The van der Waals surface area contributed by atoms with Crippen LogP contribution in [-0.4, -0.2) is 50.4 Å². The molecule has 2 heterocycles. The quantitative estimate of drug-likeness (QED) is 0.818. The summed E-state index contributed by atoms with van der Waals surface area (Å²) >= 11 is 0. The highest BCUT2D eigenvalue weighted by molar-refractivity contribution is 7.91. The Bertz CT molecular complexity index is 659. The zero-order valence-electron chi connectivity index (χ0n) is 12.1. The number of amides is 1. The van der Waals surface area contributed by atoms with Crippen LogP contribution >= 0.6 is 0 Å². The molecular formula is C15H18FNO4S. The Labute approximate surface area is 129 Å². The summed E-state index contributed by atoms with van der Waals surface area (Å²) in [5.41, 5.74) is 0.818. The summed E-state index contributed by atoms with van der Waals surface area (Å²) in [7, 11) is -3.07. The number of carbonyl (C=O) groups is 1. The number of rotatable bonds is 2. The van der Waals surface area contributed by atoms with Crippen molar-refractivity contribution in [2.45, 2.75) is 12.5 Å². The largest absolute Gasteiger partial charge is 0.370 e. The fourth-order valence-corrected chi connectivity index (χ4v) is 4.71. The number of morpholine rings is 1. The predicted molar refractivity (Wildman–Crippen MR) is 78.4 cm³/mol. The van der Waals surface area contributed by atoms with E-state index in [1.807, 2.05) is 0 Å². The van der Waals surface area contributed by atoms with Crippen molar-refractivity contribution in [3.63, 3.8) is 0 Å². The Morgan fingerprint density at radius 2 is 2.00 bits per heavy atom. The first-order chi connectivity index (χ1) is 10.4. The van der Waals surface area contributed by atoms with Gasteiger partial charge >= 0.3 is 0 Å². The predicted octanol–water partition coefficient (Wildman–Crippen LogP) is 1.16. The second kappa shape index (κ2) is 5.96. The van der Waals surface area contributed by atoms with Gasteiger partial charge < -0.3 is 9.64 Å². The van der Waals surface area contributed by atoms with Crippen molar-refractivity contribution in [2.24, 2.45) is 5.92 Å². The molecule has 0 aliphatic carbocycles. The number of sulfone groups is 1. The molecule has 2 fully saturated rings. The molecule has 1 aromatic rings. The molecule has 2 aliphatic heterocycles. The monoisotopic (exact) mass is 327 g/mol. The van der Waals surface area contributed by atoms with Gasteiger partial charge in [0, 0.05) is 6.54 Å². The fraction of sp³-hybridized carbons (Fsp3) is 0.533. The lowest BCUT2D eigenvalue weighted by atomic mass is 10.0. The highest BCUT2D eigenvalue weighted by Gasteiger charge is 2.37. The highest BCUT2D eigenvalue weighted by Crippen LogP contribution is 2.26. The number of carbonyl (C=O) groups excluding carboxylic acids is 1. The lowest BCUT2D eigenvalue weighted by Gasteiger charge is -2.34. The van der Waals surface area contributed by atoms with Crippen LogP contribution in [-0.2, 0) is 19.4 Å². The molecule has 5 nitrogen and oxygen atoms in total. The number of nitrogens with zero attached hydrogens (tertiary/aromatic N) is 1. The number of benzene rings is 1. The molecule has 0 radical (unpaired) electrons. The number of halogens is 1. The van der Waals surface area contributed by atoms with Crippen LogP contribution in [0.25, 0.3) is 0 Å². The van der Waals surface area contributed by atoms with Crippen LogP contribution < -0.4 is 0 Å². The molecule has 1 amide bonds. The van der Waals surface area contributed by atoms with E-state index in [9.17, 15) is 17.6 Å². The fourth-order valence-electron chi connectivity index (χ4n) is 2.98. The van der Waals surface area contributed by atoms with Crippen LogP contribution in [0.1, 0.15) is 18.1 Å². The summed E-state index contributed by atoms with van der Waals surface area (Å²) in [5.74, 6) is -0.823. The zero-order valence-corrected chi connectivity index (χ0v) is 12.9. The normalized spacial score (nSPS) is 27.8. The average molecular weight is 327 g/mol. The number of ether oxygens (including phenoxy) is 1. The molecule has 0 spiro atoms. The van der Waals surface area contributed by atoms with Gasteiger partial charge in [-0.25, -0.2) is 12.8 Å². The Morgan fingerprint density at radius 3 is 2.64 bits per heavy atom. The Hall–Kier alpha value is -1.47. The van der Waals surface area contributed by atoms with Crippen molar-refractivity contribution in [3.8, 4) is 0 Å². The third-order valence-corrected chi connectivity index (χ3v) is 5.97. The van der Waals surface area contributed by atoms with E-state index in [4.69, 9.17) is 4.74 Å².